The van der Waals surface area contributed by atoms with Crippen molar-refractivity contribution in [1.82, 2.24) is 25.6 Å². The van der Waals surface area contributed by atoms with Crippen molar-refractivity contribution < 1.29 is 33.3 Å². The van der Waals surface area contributed by atoms with Gasteiger partial charge in [-0.3, -0.25) is 9.59 Å². The normalized spacial score (nSPS) is 14.1. The maximum atomic E-state index is 13.4. The van der Waals surface area contributed by atoms with Crippen LogP contribution in [0.4, 0.5) is 17.6 Å². The summed E-state index contributed by atoms with van der Waals surface area (Å²) in [4.78, 5) is 50.3. The van der Waals surface area contributed by atoms with E-state index in [0.29, 0.717) is 38.0 Å². The van der Waals surface area contributed by atoms with Crippen molar-refractivity contribution in [1.29, 1.82) is 0 Å². The van der Waals surface area contributed by atoms with Gasteiger partial charge in [-0.05, 0) is 62.4 Å². The minimum atomic E-state index is -1.10. The predicted molar refractivity (Wildman–Crippen MR) is 166 cm³/mol. The third-order valence-corrected chi connectivity index (χ3v) is 6.66. The lowest BCUT2D eigenvalue weighted by Crippen LogP contribution is -2.48. The van der Waals surface area contributed by atoms with Gasteiger partial charge >= 0.3 is 12.0 Å². The van der Waals surface area contributed by atoms with E-state index >= 15 is 0 Å². The number of amides is 2. The molecule has 5 rings (SSSR count). The Balaban J connectivity index is 1.61. The third kappa shape index (κ3) is 10.2. The summed E-state index contributed by atoms with van der Waals surface area (Å²) < 4.78 is 22.3. The largest absolute Gasteiger partial charge is 0.494 e. The summed E-state index contributed by atoms with van der Waals surface area (Å²) in [6.07, 6.45) is 3.50. The molecular formula is C31H39N7O7. The molecule has 0 saturated heterocycles. The highest BCUT2D eigenvalue weighted by Gasteiger charge is 2.24. The average molecular weight is 622 g/mol. The molecule has 3 aromatic rings. The molecule has 1 atom stereocenters. The van der Waals surface area contributed by atoms with E-state index in [0.717, 1.165) is 37.0 Å². The number of esters is 1. The van der Waals surface area contributed by atoms with Crippen LogP contribution in [0.3, 0.4) is 0 Å². The van der Waals surface area contributed by atoms with E-state index in [1.165, 1.54) is 14.0 Å². The van der Waals surface area contributed by atoms with Gasteiger partial charge in [-0.15, -0.1) is 0 Å². The smallest absolute Gasteiger partial charge is 0.330 e. The van der Waals surface area contributed by atoms with E-state index in [1.54, 1.807) is 18.2 Å². The second kappa shape index (κ2) is 16.6. The van der Waals surface area contributed by atoms with Crippen LogP contribution in [0.25, 0.3) is 0 Å². The summed E-state index contributed by atoms with van der Waals surface area (Å²) in [5, 5.41) is 11.5. The quantitative estimate of drug-likeness (QED) is 0.284. The first-order chi connectivity index (χ1) is 21.8. The Labute approximate surface area is 261 Å². The van der Waals surface area contributed by atoms with Crippen LogP contribution in [0.2, 0.25) is 0 Å². The first-order valence-electron chi connectivity index (χ1n) is 14.9. The standard InChI is InChI=1S/C31H39N7O7/c1-4-43-31-37-29-33-18-21-9-12-23(13-10-21)44-15-7-5-6-8-16-45-26-17-22(34-30(36-29)38-31)11-14-24(26)27(40)35-25(28(41)42-3)19-32-20(2)39/h9-14,17,25H,4-8,15-16,18-19H2,1-3H3,(H,32,39)(H,35,40)(H2,33,34,36,37,38)/t25-/m0/s1. The molecule has 6 bridgehead atoms. The monoisotopic (exact) mass is 621 g/mol. The first-order valence-corrected chi connectivity index (χ1v) is 14.9. The molecule has 0 radical (unpaired) electrons. The van der Waals surface area contributed by atoms with E-state index in [-0.39, 0.29) is 35.7 Å². The lowest BCUT2D eigenvalue weighted by Gasteiger charge is -2.19. The number of hydrogen-bond donors (Lipinski definition) is 4. The van der Waals surface area contributed by atoms with Gasteiger partial charge in [0, 0.05) is 31.8 Å². The Bertz CT molecular complexity index is 1450. The molecule has 2 amide bonds. The molecule has 0 spiro atoms. The van der Waals surface area contributed by atoms with Crippen molar-refractivity contribution in [2.45, 2.75) is 52.1 Å². The Hall–Kier alpha value is -5.14. The average Bonchev–Trinajstić information content (AvgIpc) is 3.03. The summed E-state index contributed by atoms with van der Waals surface area (Å²) >= 11 is 0. The van der Waals surface area contributed by atoms with Gasteiger partial charge in [-0.1, -0.05) is 12.1 Å². The molecule has 2 aromatic carbocycles. The highest BCUT2D eigenvalue weighted by Crippen LogP contribution is 2.27. The van der Waals surface area contributed by atoms with Gasteiger partial charge in [-0.25, -0.2) is 4.79 Å². The number of aromatic nitrogens is 3. The number of fused-ring (bicyclic) bond motifs is 10. The minimum absolute atomic E-state index is 0.129. The molecule has 2 aliphatic rings. The maximum absolute atomic E-state index is 13.4. The van der Waals surface area contributed by atoms with Crippen LogP contribution in [0, 0.1) is 0 Å². The minimum Gasteiger partial charge on any atom is -0.494 e. The zero-order chi connectivity index (χ0) is 32.0. The van der Waals surface area contributed by atoms with Gasteiger partial charge in [0.15, 0.2) is 0 Å². The number of carbonyl (C=O) groups excluding carboxylic acids is 3. The zero-order valence-corrected chi connectivity index (χ0v) is 25.7. The summed E-state index contributed by atoms with van der Waals surface area (Å²) in [5.41, 5.74) is 1.76. The number of rotatable bonds is 7. The predicted octanol–water partition coefficient (Wildman–Crippen LogP) is 3.37. The molecule has 0 saturated carbocycles. The van der Waals surface area contributed by atoms with Crippen LogP contribution in [-0.4, -0.2) is 72.3 Å². The number of benzene rings is 2. The number of hydrogen-bond acceptors (Lipinski definition) is 12. The van der Waals surface area contributed by atoms with Crippen molar-refractivity contribution in [3.63, 3.8) is 0 Å². The molecular weight excluding hydrogens is 582 g/mol. The fourth-order valence-corrected chi connectivity index (χ4v) is 4.35. The van der Waals surface area contributed by atoms with Crippen molar-refractivity contribution >= 4 is 35.4 Å². The Morgan fingerprint density at radius 2 is 1.69 bits per heavy atom. The highest BCUT2D eigenvalue weighted by molar-refractivity contribution is 5.99. The molecule has 0 unspecified atom stereocenters. The molecule has 14 heteroatoms. The molecule has 0 fully saturated rings. The Kier molecular flexibility index (Phi) is 12.1. The topological polar surface area (TPSA) is 175 Å². The van der Waals surface area contributed by atoms with Crippen LogP contribution >= 0.6 is 0 Å². The second-order valence-corrected chi connectivity index (χ2v) is 10.1. The molecule has 45 heavy (non-hydrogen) atoms. The molecule has 3 heterocycles. The van der Waals surface area contributed by atoms with Crippen LogP contribution < -0.4 is 35.5 Å². The number of carbonyl (C=O) groups is 3. The lowest BCUT2D eigenvalue weighted by molar-refractivity contribution is -0.142. The first kappa shape index (κ1) is 32.8. The maximum Gasteiger partial charge on any atom is 0.330 e. The molecule has 4 N–H and O–H groups in total. The fraction of sp³-hybridized carbons (Fsp3) is 0.419. The zero-order valence-electron chi connectivity index (χ0n) is 25.7. The van der Waals surface area contributed by atoms with E-state index < -0.39 is 17.9 Å². The number of methoxy groups -OCH3 is 1. The van der Waals surface area contributed by atoms with E-state index in [9.17, 15) is 14.4 Å². The van der Waals surface area contributed by atoms with Crippen molar-refractivity contribution in [2.75, 3.05) is 44.1 Å². The Morgan fingerprint density at radius 3 is 2.40 bits per heavy atom. The van der Waals surface area contributed by atoms with Gasteiger partial charge < -0.3 is 40.2 Å². The van der Waals surface area contributed by atoms with Gasteiger partial charge in [0.2, 0.25) is 17.8 Å². The van der Waals surface area contributed by atoms with Crippen molar-refractivity contribution in [2.24, 2.45) is 0 Å². The highest BCUT2D eigenvalue weighted by atomic mass is 16.5. The molecule has 240 valence electrons. The summed E-state index contributed by atoms with van der Waals surface area (Å²) in [6, 6.07) is 11.8. The number of nitrogens with zero attached hydrogens (tertiary/aromatic N) is 3. The number of ether oxygens (including phenoxy) is 4. The van der Waals surface area contributed by atoms with Gasteiger partial charge in [-0.2, -0.15) is 15.0 Å². The van der Waals surface area contributed by atoms with Gasteiger partial charge in [0.25, 0.3) is 5.91 Å². The van der Waals surface area contributed by atoms with Crippen LogP contribution in [0.1, 0.15) is 55.5 Å². The van der Waals surface area contributed by atoms with Gasteiger partial charge in [0.05, 0.1) is 32.5 Å². The van der Waals surface area contributed by atoms with Crippen LogP contribution in [0.5, 0.6) is 17.5 Å². The molecule has 1 aromatic heterocycles. The van der Waals surface area contributed by atoms with E-state index in [2.05, 4.69) is 36.2 Å². The summed E-state index contributed by atoms with van der Waals surface area (Å²) in [5.74, 6) is -0.00423. The van der Waals surface area contributed by atoms with Crippen LogP contribution in [-0.2, 0) is 20.9 Å². The SMILES string of the molecule is CCOc1nc2nc(n1)Nc1ccc(C(=O)N[C@@H](CNC(C)=O)C(=O)OC)c(c1)OCCCCCCOc1ccc(cc1)CN2. The molecule has 14 nitrogen and oxygen atoms in total. The molecule has 0 aliphatic carbocycles. The number of nitrogens with one attached hydrogen (secondary N) is 4. The third-order valence-electron chi connectivity index (χ3n) is 6.66. The van der Waals surface area contributed by atoms with E-state index in [1.807, 2.05) is 31.2 Å². The molecule has 2 aliphatic heterocycles. The summed E-state index contributed by atoms with van der Waals surface area (Å²) in [6.45, 7) is 4.80. The summed E-state index contributed by atoms with van der Waals surface area (Å²) in [7, 11) is 1.21. The Morgan fingerprint density at radius 1 is 0.956 bits per heavy atom. The second-order valence-electron chi connectivity index (χ2n) is 10.1. The van der Waals surface area contributed by atoms with Crippen molar-refractivity contribution in [3.05, 3.63) is 53.6 Å². The number of anilines is 3. The fourth-order valence-electron chi connectivity index (χ4n) is 4.35. The van der Waals surface area contributed by atoms with E-state index in [4.69, 9.17) is 18.9 Å². The van der Waals surface area contributed by atoms with Crippen LogP contribution in [0.15, 0.2) is 42.5 Å². The van der Waals surface area contributed by atoms with Gasteiger partial charge in [0.1, 0.15) is 17.5 Å². The lowest BCUT2D eigenvalue weighted by atomic mass is 10.1. The van der Waals surface area contributed by atoms with Crippen molar-refractivity contribution in [3.8, 4) is 17.5 Å².